The second-order valence-corrected chi connectivity index (χ2v) is 5.94. The molecule has 3 rings (SSSR count). The summed E-state index contributed by atoms with van der Waals surface area (Å²) in [5.41, 5.74) is 2.12. The van der Waals surface area contributed by atoms with Crippen LogP contribution in [-0.2, 0) is 6.61 Å². The zero-order chi connectivity index (χ0) is 15.7. The van der Waals surface area contributed by atoms with Gasteiger partial charge < -0.3 is 9.30 Å². The third-order valence-electron chi connectivity index (χ3n) is 3.65. The van der Waals surface area contributed by atoms with E-state index in [1.807, 2.05) is 12.1 Å². The Morgan fingerprint density at radius 1 is 1.14 bits per heavy atom. The van der Waals surface area contributed by atoms with Crippen molar-refractivity contribution < 1.29 is 9.13 Å². The molecule has 0 spiro atoms. The molecule has 2 aromatic carbocycles. The predicted octanol–water partition coefficient (Wildman–Crippen LogP) is 5.59. The number of nitrogens with zero attached hydrogens (tertiary/aromatic N) is 1. The Hall–Kier alpha value is -2.00. The smallest absolute Gasteiger partial charge is 0.123 e. The number of aromatic nitrogens is 1. The molecule has 4 heteroatoms. The fraction of sp³-hybridized carbons (Fsp3) is 0.222. The van der Waals surface area contributed by atoms with Crippen molar-refractivity contribution in [1.29, 1.82) is 0 Å². The van der Waals surface area contributed by atoms with Crippen LogP contribution in [0.4, 0.5) is 4.39 Å². The topological polar surface area (TPSA) is 14.2 Å². The van der Waals surface area contributed by atoms with Gasteiger partial charge in [-0.2, -0.15) is 0 Å². The quantitative estimate of drug-likeness (QED) is 0.611. The molecule has 1 aromatic heterocycles. The minimum atomic E-state index is -0.271. The van der Waals surface area contributed by atoms with E-state index in [1.54, 1.807) is 12.1 Å². The van der Waals surface area contributed by atoms with Gasteiger partial charge in [-0.3, -0.25) is 0 Å². The molecule has 114 valence electrons. The second kappa shape index (κ2) is 6.01. The van der Waals surface area contributed by atoms with E-state index in [-0.39, 0.29) is 5.82 Å². The van der Waals surface area contributed by atoms with Crippen LogP contribution in [0, 0.1) is 5.82 Å². The van der Waals surface area contributed by atoms with E-state index in [4.69, 9.17) is 16.3 Å². The summed E-state index contributed by atoms with van der Waals surface area (Å²) in [4.78, 5) is 0. The van der Waals surface area contributed by atoms with E-state index in [1.165, 1.54) is 12.1 Å². The molecular formula is C18H17ClFNO. The zero-order valence-electron chi connectivity index (χ0n) is 12.5. The second-order valence-electron chi connectivity index (χ2n) is 5.53. The molecule has 0 N–H and O–H groups in total. The fourth-order valence-electron chi connectivity index (χ4n) is 2.58. The summed E-state index contributed by atoms with van der Waals surface area (Å²) in [6.45, 7) is 4.65. The van der Waals surface area contributed by atoms with E-state index in [9.17, 15) is 4.39 Å². The molecule has 0 saturated heterocycles. The summed E-state index contributed by atoms with van der Waals surface area (Å²) in [6.07, 6.45) is 2.07. The molecule has 0 atom stereocenters. The van der Waals surface area contributed by atoms with Crippen molar-refractivity contribution >= 4 is 22.5 Å². The van der Waals surface area contributed by atoms with Gasteiger partial charge in [0.1, 0.15) is 18.2 Å². The highest BCUT2D eigenvalue weighted by Gasteiger charge is 2.13. The van der Waals surface area contributed by atoms with Gasteiger partial charge in [0.05, 0.1) is 10.5 Å². The molecule has 3 aromatic rings. The van der Waals surface area contributed by atoms with Crippen LogP contribution in [-0.4, -0.2) is 4.57 Å². The zero-order valence-corrected chi connectivity index (χ0v) is 13.3. The molecule has 0 fully saturated rings. The minimum absolute atomic E-state index is 0.271. The Morgan fingerprint density at radius 3 is 2.55 bits per heavy atom. The van der Waals surface area contributed by atoms with E-state index in [0.717, 1.165) is 21.5 Å². The normalized spacial score (nSPS) is 11.3. The van der Waals surface area contributed by atoms with E-state index >= 15 is 0 Å². The van der Waals surface area contributed by atoms with Gasteiger partial charge in [-0.1, -0.05) is 17.7 Å². The summed E-state index contributed by atoms with van der Waals surface area (Å²) in [7, 11) is 0. The highest BCUT2D eigenvalue weighted by molar-refractivity contribution is 6.35. The summed E-state index contributed by atoms with van der Waals surface area (Å²) < 4.78 is 20.9. The molecule has 2 nitrogen and oxygen atoms in total. The molecule has 0 unspecified atom stereocenters. The molecular weight excluding hydrogens is 301 g/mol. The van der Waals surface area contributed by atoms with E-state index in [0.29, 0.717) is 18.4 Å². The molecule has 0 aliphatic heterocycles. The van der Waals surface area contributed by atoms with E-state index in [2.05, 4.69) is 30.7 Å². The van der Waals surface area contributed by atoms with Crippen molar-refractivity contribution in [3.63, 3.8) is 0 Å². The number of benzene rings is 2. The lowest BCUT2D eigenvalue weighted by molar-refractivity contribution is 0.306. The number of halogens is 2. The maximum atomic E-state index is 12.9. The van der Waals surface area contributed by atoms with Crippen molar-refractivity contribution in [3.05, 3.63) is 65.1 Å². The average molecular weight is 318 g/mol. The third-order valence-corrected chi connectivity index (χ3v) is 3.97. The Balaban J connectivity index is 1.94. The molecule has 0 amide bonds. The predicted molar refractivity (Wildman–Crippen MR) is 88.1 cm³/mol. The van der Waals surface area contributed by atoms with Gasteiger partial charge in [-0.15, -0.1) is 0 Å². The highest BCUT2D eigenvalue weighted by Crippen LogP contribution is 2.31. The van der Waals surface area contributed by atoms with Crippen LogP contribution in [0.25, 0.3) is 10.9 Å². The molecule has 0 saturated carbocycles. The first-order valence-electron chi connectivity index (χ1n) is 7.22. The monoisotopic (exact) mass is 317 g/mol. The Labute approximate surface area is 134 Å². The molecule has 1 heterocycles. The van der Waals surface area contributed by atoms with Gasteiger partial charge in [-0.05, 0) is 50.2 Å². The standard InChI is InChI=1S/C18H17ClFNO/c1-12(2)21-10-13(18-16(19)4-3-5-17(18)21)11-22-15-8-6-14(20)7-9-15/h3-10,12H,11H2,1-2H3. The number of fused-ring (bicyclic) bond motifs is 1. The van der Waals surface area contributed by atoms with Crippen LogP contribution in [0.2, 0.25) is 5.02 Å². The Bertz CT molecular complexity index is 793. The summed E-state index contributed by atoms with van der Waals surface area (Å²) in [5.74, 6) is 0.366. The van der Waals surface area contributed by atoms with Gasteiger partial charge >= 0.3 is 0 Å². The summed E-state index contributed by atoms with van der Waals surface area (Å²) in [5, 5.41) is 1.73. The molecule has 0 bridgehead atoms. The van der Waals surface area contributed by atoms with Gasteiger partial charge in [0.15, 0.2) is 0 Å². The van der Waals surface area contributed by atoms with Crippen molar-refractivity contribution in [2.75, 3.05) is 0 Å². The van der Waals surface area contributed by atoms with Crippen molar-refractivity contribution in [1.82, 2.24) is 4.57 Å². The van der Waals surface area contributed by atoms with Crippen LogP contribution in [0.3, 0.4) is 0 Å². The first-order chi connectivity index (χ1) is 10.6. The van der Waals surface area contributed by atoms with Crippen LogP contribution in [0.5, 0.6) is 5.75 Å². The lowest BCUT2D eigenvalue weighted by atomic mass is 10.2. The Morgan fingerprint density at radius 2 is 1.86 bits per heavy atom. The van der Waals surface area contributed by atoms with E-state index < -0.39 is 0 Å². The largest absolute Gasteiger partial charge is 0.489 e. The molecule has 22 heavy (non-hydrogen) atoms. The van der Waals surface area contributed by atoms with Crippen LogP contribution in [0.1, 0.15) is 25.5 Å². The fourth-order valence-corrected chi connectivity index (χ4v) is 2.87. The maximum Gasteiger partial charge on any atom is 0.123 e. The van der Waals surface area contributed by atoms with Crippen LogP contribution >= 0.6 is 11.6 Å². The lowest BCUT2D eigenvalue weighted by Gasteiger charge is -2.08. The maximum absolute atomic E-state index is 12.9. The SMILES string of the molecule is CC(C)n1cc(COc2ccc(F)cc2)c2c(Cl)cccc21. The molecule has 0 aliphatic carbocycles. The van der Waals surface area contributed by atoms with Crippen molar-refractivity contribution in [2.24, 2.45) is 0 Å². The average Bonchev–Trinajstić information content (AvgIpc) is 2.87. The van der Waals surface area contributed by atoms with Crippen molar-refractivity contribution in [2.45, 2.75) is 26.5 Å². The van der Waals surface area contributed by atoms with Gasteiger partial charge in [0, 0.05) is 23.2 Å². The lowest BCUT2D eigenvalue weighted by Crippen LogP contribution is -1.98. The number of rotatable bonds is 4. The number of ether oxygens (including phenoxy) is 1. The third kappa shape index (κ3) is 2.81. The van der Waals surface area contributed by atoms with Gasteiger partial charge in [-0.25, -0.2) is 4.39 Å². The van der Waals surface area contributed by atoms with Crippen LogP contribution in [0.15, 0.2) is 48.7 Å². The summed E-state index contributed by atoms with van der Waals surface area (Å²) >= 11 is 6.36. The Kier molecular flexibility index (Phi) is 4.08. The highest BCUT2D eigenvalue weighted by atomic mass is 35.5. The minimum Gasteiger partial charge on any atom is -0.489 e. The van der Waals surface area contributed by atoms with Gasteiger partial charge in [0.2, 0.25) is 0 Å². The van der Waals surface area contributed by atoms with Crippen molar-refractivity contribution in [3.8, 4) is 5.75 Å². The molecule has 0 radical (unpaired) electrons. The summed E-state index contributed by atoms with van der Waals surface area (Å²) in [6, 6.07) is 12.3. The first-order valence-corrected chi connectivity index (χ1v) is 7.60. The molecule has 0 aliphatic rings. The first kappa shape index (κ1) is 14.9. The van der Waals surface area contributed by atoms with Gasteiger partial charge in [0.25, 0.3) is 0 Å². The number of hydrogen-bond acceptors (Lipinski definition) is 1. The van der Waals surface area contributed by atoms with Crippen LogP contribution < -0.4 is 4.74 Å². The number of hydrogen-bond donors (Lipinski definition) is 0.